The van der Waals surface area contributed by atoms with E-state index in [1.165, 1.54) is 0 Å². The van der Waals surface area contributed by atoms with Gasteiger partial charge in [0.2, 0.25) is 0 Å². The van der Waals surface area contributed by atoms with Crippen LogP contribution in [0.4, 0.5) is 0 Å². The molecule has 2 saturated heterocycles. The van der Waals surface area contributed by atoms with E-state index >= 15 is 0 Å². The number of carbonyl (C=O) groups is 1. The van der Waals surface area contributed by atoms with Crippen LogP contribution in [0.15, 0.2) is 0 Å². The first-order chi connectivity index (χ1) is 9.74. The highest BCUT2D eigenvalue weighted by atomic mass is 16.5. The van der Waals surface area contributed by atoms with Crippen molar-refractivity contribution in [3.63, 3.8) is 0 Å². The number of aliphatic carboxylic acids is 1. The number of piperidine rings is 1. The fourth-order valence-corrected chi connectivity index (χ4v) is 2.78. The van der Waals surface area contributed by atoms with Crippen LogP contribution in [0.5, 0.6) is 0 Å². The number of rotatable bonds is 7. The minimum atomic E-state index is -0.722. The molecule has 0 spiro atoms. The van der Waals surface area contributed by atoms with Crippen LogP contribution in [0.1, 0.15) is 19.3 Å². The summed E-state index contributed by atoms with van der Waals surface area (Å²) in [6, 6.07) is 0. The average Bonchev–Trinajstić information content (AvgIpc) is 2.47. The Morgan fingerprint density at radius 3 is 2.75 bits per heavy atom. The second kappa shape index (κ2) is 8.56. The molecule has 2 fully saturated rings. The van der Waals surface area contributed by atoms with Crippen LogP contribution in [0, 0.1) is 0 Å². The summed E-state index contributed by atoms with van der Waals surface area (Å²) in [5, 5.41) is 8.72. The minimum absolute atomic E-state index is 0.223. The predicted molar refractivity (Wildman–Crippen MR) is 74.9 cm³/mol. The summed E-state index contributed by atoms with van der Waals surface area (Å²) in [6.07, 6.45) is 2.67. The van der Waals surface area contributed by atoms with Gasteiger partial charge in [0.15, 0.2) is 0 Å². The molecule has 6 heteroatoms. The van der Waals surface area contributed by atoms with E-state index in [9.17, 15) is 4.79 Å². The largest absolute Gasteiger partial charge is 0.481 e. The van der Waals surface area contributed by atoms with Crippen LogP contribution in [0.25, 0.3) is 0 Å². The lowest BCUT2D eigenvalue weighted by Crippen LogP contribution is -2.42. The lowest BCUT2D eigenvalue weighted by atomic mass is 10.1. The number of ether oxygens (including phenoxy) is 2. The number of carboxylic acid groups (broad SMARTS) is 1. The van der Waals surface area contributed by atoms with Crippen LogP contribution in [-0.2, 0) is 14.3 Å². The van der Waals surface area contributed by atoms with Gasteiger partial charge in [0.25, 0.3) is 0 Å². The molecule has 1 N–H and O–H groups in total. The number of nitrogens with zero attached hydrogens (tertiary/aromatic N) is 2. The van der Waals surface area contributed by atoms with Crippen molar-refractivity contribution in [3.8, 4) is 0 Å². The van der Waals surface area contributed by atoms with Crippen molar-refractivity contribution in [1.29, 1.82) is 0 Å². The Morgan fingerprint density at radius 2 is 2.00 bits per heavy atom. The van der Waals surface area contributed by atoms with Gasteiger partial charge in [0.05, 0.1) is 32.3 Å². The highest BCUT2D eigenvalue weighted by molar-refractivity contribution is 5.66. The van der Waals surface area contributed by atoms with Crippen molar-refractivity contribution in [2.75, 3.05) is 59.1 Å². The number of hydrogen-bond acceptors (Lipinski definition) is 5. The third kappa shape index (κ3) is 5.75. The van der Waals surface area contributed by atoms with Crippen LogP contribution >= 0.6 is 0 Å². The molecule has 2 aliphatic rings. The monoisotopic (exact) mass is 286 g/mol. The first-order valence-corrected chi connectivity index (χ1v) is 7.60. The SMILES string of the molecule is O=C(O)CCN1CCCC(OCCN2CCOCC2)C1. The molecule has 1 unspecified atom stereocenters. The van der Waals surface area contributed by atoms with Gasteiger partial charge in [-0.1, -0.05) is 0 Å². The van der Waals surface area contributed by atoms with Crippen molar-refractivity contribution < 1.29 is 19.4 Å². The Labute approximate surface area is 120 Å². The lowest BCUT2D eigenvalue weighted by molar-refractivity contribution is -0.137. The van der Waals surface area contributed by atoms with Crippen LogP contribution in [0.2, 0.25) is 0 Å². The zero-order valence-electron chi connectivity index (χ0n) is 12.1. The summed E-state index contributed by atoms with van der Waals surface area (Å²) in [4.78, 5) is 15.2. The quantitative estimate of drug-likeness (QED) is 0.725. The van der Waals surface area contributed by atoms with Crippen LogP contribution in [-0.4, -0.2) is 86.1 Å². The second-order valence-corrected chi connectivity index (χ2v) is 5.53. The van der Waals surface area contributed by atoms with E-state index in [2.05, 4.69) is 9.80 Å². The summed E-state index contributed by atoms with van der Waals surface area (Å²) in [7, 11) is 0. The number of likely N-dealkylation sites (tertiary alicyclic amines) is 1. The molecular weight excluding hydrogens is 260 g/mol. The zero-order chi connectivity index (χ0) is 14.2. The first kappa shape index (κ1) is 15.7. The molecule has 0 amide bonds. The Hall–Kier alpha value is -0.690. The van der Waals surface area contributed by atoms with Gasteiger partial charge in [0, 0.05) is 32.7 Å². The van der Waals surface area contributed by atoms with Gasteiger partial charge >= 0.3 is 5.97 Å². The van der Waals surface area contributed by atoms with Gasteiger partial charge in [-0.25, -0.2) is 0 Å². The molecule has 1 atom stereocenters. The molecule has 2 heterocycles. The molecule has 0 aromatic heterocycles. The maximum Gasteiger partial charge on any atom is 0.304 e. The Bertz CT molecular complexity index is 295. The number of hydrogen-bond donors (Lipinski definition) is 1. The maximum absolute atomic E-state index is 10.6. The summed E-state index contributed by atoms with van der Waals surface area (Å²) >= 11 is 0. The van der Waals surface area contributed by atoms with Crippen LogP contribution in [0.3, 0.4) is 0 Å². The summed E-state index contributed by atoms with van der Waals surface area (Å²) in [6.45, 7) is 7.88. The van der Waals surface area contributed by atoms with Gasteiger partial charge in [-0.05, 0) is 19.4 Å². The smallest absolute Gasteiger partial charge is 0.304 e. The van der Waals surface area contributed by atoms with E-state index in [0.717, 1.165) is 65.4 Å². The van der Waals surface area contributed by atoms with Crippen molar-refractivity contribution in [1.82, 2.24) is 9.80 Å². The molecular formula is C14H26N2O4. The van der Waals surface area contributed by atoms with Crippen molar-refractivity contribution >= 4 is 5.97 Å². The van der Waals surface area contributed by atoms with Crippen molar-refractivity contribution in [2.24, 2.45) is 0 Å². The van der Waals surface area contributed by atoms with Gasteiger partial charge in [-0.3, -0.25) is 9.69 Å². The normalized spacial score (nSPS) is 25.7. The van der Waals surface area contributed by atoms with Gasteiger partial charge in [-0.15, -0.1) is 0 Å². The van der Waals surface area contributed by atoms with Gasteiger partial charge in [0.1, 0.15) is 0 Å². The molecule has 0 radical (unpaired) electrons. The van der Waals surface area contributed by atoms with Crippen molar-refractivity contribution in [3.05, 3.63) is 0 Å². The van der Waals surface area contributed by atoms with Gasteiger partial charge in [-0.2, -0.15) is 0 Å². The van der Waals surface area contributed by atoms with Crippen molar-refractivity contribution in [2.45, 2.75) is 25.4 Å². The standard InChI is InChI=1S/C14H26N2O4/c17-14(18)3-5-16-4-1-2-13(12-16)20-11-8-15-6-9-19-10-7-15/h13H,1-12H2,(H,17,18). The molecule has 6 nitrogen and oxygen atoms in total. The van der Waals surface area contributed by atoms with E-state index in [1.54, 1.807) is 0 Å². The molecule has 0 aromatic rings. The minimum Gasteiger partial charge on any atom is -0.481 e. The summed E-state index contributed by atoms with van der Waals surface area (Å²) in [5.74, 6) is -0.722. The Kier molecular flexibility index (Phi) is 6.72. The fourth-order valence-electron chi connectivity index (χ4n) is 2.78. The van der Waals surface area contributed by atoms with Gasteiger partial charge < -0.3 is 19.5 Å². The fraction of sp³-hybridized carbons (Fsp3) is 0.929. The van der Waals surface area contributed by atoms with E-state index in [0.29, 0.717) is 6.54 Å². The molecule has 116 valence electrons. The highest BCUT2D eigenvalue weighted by Crippen LogP contribution is 2.13. The third-order valence-corrected chi connectivity index (χ3v) is 3.97. The molecule has 20 heavy (non-hydrogen) atoms. The molecule has 2 rings (SSSR count). The van der Waals surface area contributed by atoms with Crippen LogP contribution < -0.4 is 0 Å². The Morgan fingerprint density at radius 1 is 1.20 bits per heavy atom. The molecule has 2 aliphatic heterocycles. The Balaban J connectivity index is 1.58. The zero-order valence-corrected chi connectivity index (χ0v) is 12.1. The first-order valence-electron chi connectivity index (χ1n) is 7.60. The summed E-state index contributed by atoms with van der Waals surface area (Å²) < 4.78 is 11.3. The van der Waals surface area contributed by atoms with E-state index in [4.69, 9.17) is 14.6 Å². The summed E-state index contributed by atoms with van der Waals surface area (Å²) in [5.41, 5.74) is 0. The van der Waals surface area contributed by atoms with E-state index in [1.807, 2.05) is 0 Å². The predicted octanol–water partition coefficient (Wildman–Crippen LogP) is 0.274. The third-order valence-electron chi connectivity index (χ3n) is 3.97. The topological polar surface area (TPSA) is 62.2 Å². The van der Waals surface area contributed by atoms with E-state index < -0.39 is 5.97 Å². The lowest BCUT2D eigenvalue weighted by Gasteiger charge is -2.33. The van der Waals surface area contributed by atoms with E-state index in [-0.39, 0.29) is 12.5 Å². The highest BCUT2D eigenvalue weighted by Gasteiger charge is 2.21. The second-order valence-electron chi connectivity index (χ2n) is 5.53. The average molecular weight is 286 g/mol. The maximum atomic E-state index is 10.6. The number of carboxylic acids is 1. The number of morpholine rings is 1. The molecule has 0 aliphatic carbocycles. The molecule has 0 bridgehead atoms. The molecule has 0 saturated carbocycles. The molecule has 0 aromatic carbocycles.